The van der Waals surface area contributed by atoms with Gasteiger partial charge in [0.2, 0.25) is 0 Å². The monoisotopic (exact) mass is 213 g/mol. The van der Waals surface area contributed by atoms with Gasteiger partial charge in [-0.3, -0.25) is 0 Å². The van der Waals surface area contributed by atoms with Crippen molar-refractivity contribution in [3.63, 3.8) is 0 Å². The lowest BCUT2D eigenvalue weighted by atomic mass is 9.65. The fourth-order valence-corrected chi connectivity index (χ4v) is 3.42. The normalized spacial score (nSPS) is 29.1. The summed E-state index contributed by atoms with van der Waals surface area (Å²) in [4.78, 5) is 2.31. The number of hydrogen-bond donors (Lipinski definition) is 0. The van der Waals surface area contributed by atoms with Gasteiger partial charge in [0, 0.05) is 22.7 Å². The van der Waals surface area contributed by atoms with Crippen LogP contribution >= 0.6 is 11.8 Å². The van der Waals surface area contributed by atoms with Gasteiger partial charge in [0.15, 0.2) is 0 Å². The van der Waals surface area contributed by atoms with Crippen LogP contribution < -0.4 is 0 Å². The van der Waals surface area contributed by atoms with E-state index in [0.29, 0.717) is 0 Å². The Hall–Kier alpha value is -0.110. The van der Waals surface area contributed by atoms with Crippen molar-refractivity contribution in [3.05, 3.63) is 11.6 Å². The van der Waals surface area contributed by atoms with E-state index < -0.39 is 0 Å². The summed E-state index contributed by atoms with van der Waals surface area (Å²) in [5, 5.41) is 1.18. The molecule has 1 aliphatic heterocycles. The van der Waals surface area contributed by atoms with Gasteiger partial charge in [0.25, 0.3) is 0 Å². The van der Waals surface area contributed by atoms with E-state index in [-0.39, 0.29) is 15.7 Å². The Morgan fingerprint density at radius 1 is 1.07 bits per heavy atom. The van der Waals surface area contributed by atoms with Gasteiger partial charge in [0.05, 0.1) is 5.03 Å². The van der Waals surface area contributed by atoms with Gasteiger partial charge in [-0.2, -0.15) is 0 Å². The standard InChI is InChI=1S/C12H23NS/c1-9-13(8)11(4,5)10(2,3)12(6,7)14-9/h1H2,2-8H3. The first-order valence-electron chi connectivity index (χ1n) is 5.16. The highest BCUT2D eigenvalue weighted by Gasteiger charge is 2.54. The van der Waals surface area contributed by atoms with Gasteiger partial charge in [-0.1, -0.05) is 20.4 Å². The molecule has 0 saturated carbocycles. The highest BCUT2D eigenvalue weighted by atomic mass is 32.2. The van der Waals surface area contributed by atoms with Crippen LogP contribution in [0.2, 0.25) is 0 Å². The van der Waals surface area contributed by atoms with Gasteiger partial charge < -0.3 is 4.90 Å². The molecule has 1 rings (SSSR count). The largest absolute Gasteiger partial charge is 0.364 e. The molecule has 1 saturated heterocycles. The molecule has 14 heavy (non-hydrogen) atoms. The third-order valence-electron chi connectivity index (χ3n) is 4.62. The zero-order chi connectivity index (χ0) is 11.4. The zero-order valence-electron chi connectivity index (χ0n) is 10.6. The first-order chi connectivity index (χ1) is 6.04. The van der Waals surface area contributed by atoms with Crippen LogP contribution in [-0.2, 0) is 0 Å². The van der Waals surface area contributed by atoms with Crippen LogP contribution in [0.5, 0.6) is 0 Å². The minimum atomic E-state index is 0.152. The maximum atomic E-state index is 4.14. The summed E-state index contributed by atoms with van der Waals surface area (Å²) in [6, 6.07) is 0. The van der Waals surface area contributed by atoms with Crippen LogP contribution in [0, 0.1) is 5.41 Å². The smallest absolute Gasteiger partial charge is 0.0641 e. The van der Waals surface area contributed by atoms with Gasteiger partial charge in [-0.15, -0.1) is 11.8 Å². The maximum Gasteiger partial charge on any atom is 0.0641 e. The maximum absolute atomic E-state index is 4.14. The summed E-state index contributed by atoms with van der Waals surface area (Å²) >= 11 is 1.89. The molecule has 0 radical (unpaired) electrons. The molecule has 1 heterocycles. The van der Waals surface area contributed by atoms with Gasteiger partial charge in [0.1, 0.15) is 0 Å². The van der Waals surface area contributed by atoms with E-state index in [1.165, 1.54) is 5.03 Å². The van der Waals surface area contributed by atoms with E-state index in [0.717, 1.165) is 0 Å². The lowest BCUT2D eigenvalue weighted by Crippen LogP contribution is -2.62. The molecule has 0 aromatic rings. The Morgan fingerprint density at radius 3 is 1.93 bits per heavy atom. The SMILES string of the molecule is C=C1SC(C)(C)C(C)(C)C(C)(C)N1C. The zero-order valence-corrected chi connectivity index (χ0v) is 11.4. The Labute approximate surface area is 92.9 Å². The first-order valence-corrected chi connectivity index (χ1v) is 5.97. The highest BCUT2D eigenvalue weighted by molar-refractivity contribution is 8.04. The molecule has 0 aromatic heterocycles. The summed E-state index contributed by atoms with van der Waals surface area (Å²) < 4.78 is 0.236. The summed E-state index contributed by atoms with van der Waals surface area (Å²) in [5.74, 6) is 0. The van der Waals surface area contributed by atoms with Crippen LogP contribution in [0.15, 0.2) is 11.6 Å². The number of nitrogens with zero attached hydrogens (tertiary/aromatic N) is 1. The lowest BCUT2D eigenvalue weighted by molar-refractivity contribution is 0.0287. The summed E-state index contributed by atoms with van der Waals surface area (Å²) in [6.07, 6.45) is 0. The molecule has 0 unspecified atom stereocenters. The Morgan fingerprint density at radius 2 is 1.50 bits per heavy atom. The summed E-state index contributed by atoms with van der Waals surface area (Å²) in [7, 11) is 2.15. The molecule has 1 nitrogen and oxygen atoms in total. The Balaban J connectivity index is 3.22. The second kappa shape index (κ2) is 2.94. The molecular formula is C12H23NS. The second-order valence-corrected chi connectivity index (χ2v) is 7.45. The van der Waals surface area contributed by atoms with Crippen molar-refractivity contribution in [1.82, 2.24) is 4.90 Å². The summed E-state index contributed by atoms with van der Waals surface area (Å²) in [5.41, 5.74) is 0.402. The molecule has 0 bridgehead atoms. The third kappa shape index (κ3) is 1.30. The van der Waals surface area contributed by atoms with Crippen molar-refractivity contribution in [2.24, 2.45) is 5.41 Å². The second-order valence-electron chi connectivity index (χ2n) is 5.75. The van der Waals surface area contributed by atoms with Gasteiger partial charge in [-0.05, 0) is 27.7 Å². The van der Waals surface area contributed by atoms with E-state index >= 15 is 0 Å². The molecule has 0 aromatic carbocycles. The molecule has 0 N–H and O–H groups in total. The molecule has 0 spiro atoms. The first kappa shape index (κ1) is 12.0. The van der Waals surface area contributed by atoms with Crippen molar-refractivity contribution < 1.29 is 0 Å². The van der Waals surface area contributed by atoms with Crippen LogP contribution in [0.1, 0.15) is 41.5 Å². The van der Waals surface area contributed by atoms with Gasteiger partial charge in [-0.25, -0.2) is 0 Å². The van der Waals surface area contributed by atoms with E-state index in [2.05, 4.69) is 60.1 Å². The minimum Gasteiger partial charge on any atom is -0.364 e. The predicted molar refractivity (Wildman–Crippen MR) is 66.4 cm³/mol. The van der Waals surface area contributed by atoms with Crippen molar-refractivity contribution in [2.45, 2.75) is 51.8 Å². The fraction of sp³-hybridized carbons (Fsp3) is 0.833. The van der Waals surface area contributed by atoms with E-state index in [1.807, 2.05) is 11.8 Å². The van der Waals surface area contributed by atoms with Crippen molar-refractivity contribution in [1.29, 1.82) is 0 Å². The molecule has 0 amide bonds. The molecule has 0 atom stereocenters. The fourth-order valence-electron chi connectivity index (χ4n) is 1.96. The van der Waals surface area contributed by atoms with Crippen LogP contribution in [0.4, 0.5) is 0 Å². The molecular weight excluding hydrogens is 190 g/mol. The number of thioether (sulfide) groups is 1. The number of rotatable bonds is 0. The van der Waals surface area contributed by atoms with E-state index in [9.17, 15) is 0 Å². The van der Waals surface area contributed by atoms with E-state index in [1.54, 1.807) is 0 Å². The molecule has 1 fully saturated rings. The average Bonchev–Trinajstić information content (AvgIpc) is 1.99. The average molecular weight is 213 g/mol. The summed E-state index contributed by atoms with van der Waals surface area (Å²) in [6.45, 7) is 18.1. The quantitative estimate of drug-likeness (QED) is 0.603. The van der Waals surface area contributed by atoms with E-state index in [4.69, 9.17) is 0 Å². The highest BCUT2D eigenvalue weighted by Crippen LogP contribution is 2.57. The van der Waals surface area contributed by atoms with Gasteiger partial charge >= 0.3 is 0 Å². The minimum absolute atomic E-state index is 0.152. The predicted octanol–water partition coefficient (Wildman–Crippen LogP) is 3.72. The molecule has 2 heteroatoms. The third-order valence-corrected chi connectivity index (χ3v) is 6.15. The Bertz CT molecular complexity index is 263. The van der Waals surface area contributed by atoms with Crippen molar-refractivity contribution in [2.75, 3.05) is 7.05 Å². The number of hydrogen-bond acceptors (Lipinski definition) is 2. The van der Waals surface area contributed by atoms with Crippen LogP contribution in [0.25, 0.3) is 0 Å². The Kier molecular flexibility index (Phi) is 2.51. The molecule has 1 aliphatic rings. The van der Waals surface area contributed by atoms with Crippen molar-refractivity contribution in [3.8, 4) is 0 Å². The van der Waals surface area contributed by atoms with Crippen LogP contribution in [-0.4, -0.2) is 22.2 Å². The topological polar surface area (TPSA) is 3.24 Å². The van der Waals surface area contributed by atoms with Crippen LogP contribution in [0.3, 0.4) is 0 Å². The lowest BCUT2D eigenvalue weighted by Gasteiger charge is -2.60. The molecule has 0 aliphatic carbocycles. The molecule has 82 valence electrons. The van der Waals surface area contributed by atoms with Crippen molar-refractivity contribution >= 4 is 11.8 Å².